The van der Waals surface area contributed by atoms with Gasteiger partial charge in [-0.2, -0.15) is 0 Å². The third kappa shape index (κ3) is 4.13. The third-order valence-corrected chi connectivity index (χ3v) is 6.48. The van der Waals surface area contributed by atoms with Crippen LogP contribution in [0.1, 0.15) is 17.4 Å². The number of benzene rings is 3. The summed E-state index contributed by atoms with van der Waals surface area (Å²) in [4.78, 5) is 25.6. The summed E-state index contributed by atoms with van der Waals surface area (Å²) >= 11 is 0. The lowest BCUT2D eigenvalue weighted by Crippen LogP contribution is -2.48. The molecule has 172 valence electrons. The minimum atomic E-state index is -0.0483. The number of rotatable bonds is 6. The average molecular weight is 453 g/mol. The van der Waals surface area contributed by atoms with Crippen LogP contribution in [0.4, 0.5) is 0 Å². The summed E-state index contributed by atoms with van der Waals surface area (Å²) < 4.78 is 0. The van der Waals surface area contributed by atoms with Gasteiger partial charge in [0.2, 0.25) is 5.91 Å². The number of aromatic hydroxyl groups is 1. The van der Waals surface area contributed by atoms with E-state index in [-0.39, 0.29) is 17.6 Å². The van der Waals surface area contributed by atoms with Crippen molar-refractivity contribution >= 4 is 27.6 Å². The van der Waals surface area contributed by atoms with Crippen LogP contribution in [-0.4, -0.2) is 64.5 Å². The Morgan fingerprint density at radius 3 is 2.68 bits per heavy atom. The number of carbonyl (C=O) groups excluding carboxylic acids is 1. The maximum absolute atomic E-state index is 11.9. The van der Waals surface area contributed by atoms with Crippen LogP contribution in [0.2, 0.25) is 0 Å². The highest BCUT2D eigenvalue weighted by Gasteiger charge is 2.33. The van der Waals surface area contributed by atoms with E-state index in [9.17, 15) is 9.90 Å². The zero-order valence-corrected chi connectivity index (χ0v) is 19.5. The third-order valence-electron chi connectivity index (χ3n) is 6.48. The number of nitrogens with zero attached hydrogens (tertiary/aromatic N) is 4. The van der Waals surface area contributed by atoms with E-state index < -0.39 is 0 Å². The molecule has 1 amide bonds. The van der Waals surface area contributed by atoms with Crippen molar-refractivity contribution in [2.75, 3.05) is 33.7 Å². The van der Waals surface area contributed by atoms with Crippen LogP contribution in [0.3, 0.4) is 0 Å². The van der Waals surface area contributed by atoms with E-state index in [2.05, 4.69) is 43.8 Å². The van der Waals surface area contributed by atoms with Crippen molar-refractivity contribution in [1.29, 1.82) is 0 Å². The van der Waals surface area contributed by atoms with E-state index in [0.717, 1.165) is 57.3 Å². The molecule has 1 N–H and O–H groups in total. The lowest BCUT2D eigenvalue weighted by molar-refractivity contribution is -0.130. The molecule has 0 bridgehead atoms. The van der Waals surface area contributed by atoms with Crippen molar-refractivity contribution in [3.63, 3.8) is 0 Å². The van der Waals surface area contributed by atoms with Crippen molar-refractivity contribution in [1.82, 2.24) is 19.8 Å². The van der Waals surface area contributed by atoms with Crippen molar-refractivity contribution in [3.8, 4) is 16.9 Å². The summed E-state index contributed by atoms with van der Waals surface area (Å²) in [5.74, 6) is 1.13. The second-order valence-corrected chi connectivity index (χ2v) is 9.17. The molecule has 0 atom stereocenters. The maximum Gasteiger partial charge on any atom is 0.246 e. The predicted octanol–water partition coefficient (Wildman–Crippen LogP) is 4.37. The van der Waals surface area contributed by atoms with E-state index in [1.165, 1.54) is 6.08 Å². The Labute approximate surface area is 199 Å². The van der Waals surface area contributed by atoms with Crippen molar-refractivity contribution in [2.45, 2.75) is 12.3 Å². The van der Waals surface area contributed by atoms with E-state index >= 15 is 0 Å². The molecule has 3 aromatic carbocycles. The van der Waals surface area contributed by atoms with Crippen LogP contribution in [0.15, 0.2) is 67.3 Å². The van der Waals surface area contributed by atoms with E-state index in [1.807, 2.05) is 30.3 Å². The molecule has 1 fully saturated rings. The summed E-state index contributed by atoms with van der Waals surface area (Å²) in [6, 6.07) is 17.9. The first-order chi connectivity index (χ1) is 16.4. The molecular weight excluding hydrogens is 424 g/mol. The summed E-state index contributed by atoms with van der Waals surface area (Å²) in [6.07, 6.45) is 2.15. The van der Waals surface area contributed by atoms with Gasteiger partial charge in [0, 0.05) is 31.4 Å². The van der Waals surface area contributed by atoms with E-state index in [1.54, 1.807) is 11.0 Å². The standard InChI is InChI=1S/C28H28N4O2/c1-4-27(34)32-16-20(17-32)28-29-25-10-9-19(14-24(25)26(30-28)11-12-31(2)3)23-15-21(33)13-18-7-5-6-8-22(18)23/h4-10,13-15,20,33H,1,11-12,16-17H2,2-3H3. The monoisotopic (exact) mass is 452 g/mol. The molecule has 0 unspecified atom stereocenters. The number of likely N-dealkylation sites (N-methyl/N-ethyl adjacent to an activating group) is 1. The number of carbonyl (C=O) groups is 1. The van der Waals surface area contributed by atoms with Gasteiger partial charge in [0.05, 0.1) is 17.1 Å². The molecular formula is C28H28N4O2. The highest BCUT2D eigenvalue weighted by atomic mass is 16.3. The predicted molar refractivity (Wildman–Crippen MR) is 136 cm³/mol. The number of amides is 1. The molecule has 1 saturated heterocycles. The summed E-state index contributed by atoms with van der Waals surface area (Å²) in [6.45, 7) is 5.69. The fourth-order valence-corrected chi connectivity index (χ4v) is 4.57. The molecule has 6 heteroatoms. The van der Waals surface area contributed by atoms with Gasteiger partial charge in [0.1, 0.15) is 11.6 Å². The van der Waals surface area contributed by atoms with Crippen LogP contribution in [0, 0.1) is 0 Å². The molecule has 1 aromatic heterocycles. The van der Waals surface area contributed by atoms with Crippen molar-refractivity contribution in [3.05, 3.63) is 78.8 Å². The van der Waals surface area contributed by atoms with Crippen LogP contribution < -0.4 is 0 Å². The minimum absolute atomic E-state index is 0.0483. The number of phenolic OH excluding ortho intramolecular Hbond substituents is 1. The summed E-state index contributed by atoms with van der Waals surface area (Å²) in [5, 5.41) is 13.4. The Kier molecular flexibility index (Phi) is 5.75. The molecule has 1 aliphatic rings. The zero-order valence-electron chi connectivity index (χ0n) is 19.5. The van der Waals surface area contributed by atoms with Gasteiger partial charge >= 0.3 is 0 Å². The average Bonchev–Trinajstić information content (AvgIpc) is 2.80. The topological polar surface area (TPSA) is 69.6 Å². The Balaban J connectivity index is 1.58. The molecule has 0 spiro atoms. The Morgan fingerprint density at radius 2 is 1.91 bits per heavy atom. The van der Waals surface area contributed by atoms with Gasteiger partial charge in [-0.3, -0.25) is 4.79 Å². The molecule has 0 aliphatic carbocycles. The van der Waals surface area contributed by atoms with Gasteiger partial charge in [-0.15, -0.1) is 0 Å². The summed E-state index contributed by atoms with van der Waals surface area (Å²) in [5.41, 5.74) is 3.92. The van der Waals surface area contributed by atoms with Gasteiger partial charge in [0.25, 0.3) is 0 Å². The first-order valence-corrected chi connectivity index (χ1v) is 11.5. The van der Waals surface area contributed by atoms with Crippen LogP contribution >= 0.6 is 0 Å². The second kappa shape index (κ2) is 8.88. The quantitative estimate of drug-likeness (QED) is 0.440. The minimum Gasteiger partial charge on any atom is -0.508 e. The SMILES string of the molecule is C=CC(=O)N1CC(c2nc(CCN(C)C)c3cc(-c4cc(O)cc5ccccc45)ccc3n2)C1. The number of hydrogen-bond donors (Lipinski definition) is 1. The lowest BCUT2D eigenvalue weighted by Gasteiger charge is -2.37. The number of fused-ring (bicyclic) bond motifs is 2. The van der Waals surface area contributed by atoms with Crippen molar-refractivity contribution < 1.29 is 9.90 Å². The van der Waals surface area contributed by atoms with Crippen LogP contribution in [0.5, 0.6) is 5.75 Å². The largest absolute Gasteiger partial charge is 0.508 e. The molecule has 2 heterocycles. The number of aromatic nitrogens is 2. The molecule has 6 nitrogen and oxygen atoms in total. The van der Waals surface area contributed by atoms with E-state index in [4.69, 9.17) is 9.97 Å². The second-order valence-electron chi connectivity index (χ2n) is 9.17. The molecule has 34 heavy (non-hydrogen) atoms. The van der Waals surface area contributed by atoms with Crippen molar-refractivity contribution in [2.24, 2.45) is 0 Å². The Hall–Kier alpha value is -3.77. The highest BCUT2D eigenvalue weighted by molar-refractivity contribution is 6.00. The van der Waals surface area contributed by atoms with E-state index in [0.29, 0.717) is 13.1 Å². The Morgan fingerprint density at radius 1 is 1.12 bits per heavy atom. The maximum atomic E-state index is 11.9. The van der Waals surface area contributed by atoms with Gasteiger partial charge in [-0.25, -0.2) is 9.97 Å². The first kappa shape index (κ1) is 22.0. The lowest BCUT2D eigenvalue weighted by atomic mass is 9.95. The summed E-state index contributed by atoms with van der Waals surface area (Å²) in [7, 11) is 4.11. The molecule has 4 aromatic rings. The first-order valence-electron chi connectivity index (χ1n) is 11.5. The zero-order chi connectivity index (χ0) is 23.8. The molecule has 0 saturated carbocycles. The molecule has 5 rings (SSSR count). The number of hydrogen-bond acceptors (Lipinski definition) is 5. The van der Waals surface area contributed by atoms with Gasteiger partial charge in [0.15, 0.2) is 0 Å². The molecule has 0 radical (unpaired) electrons. The molecule has 1 aliphatic heterocycles. The Bertz CT molecular complexity index is 1410. The van der Waals surface area contributed by atoms with Gasteiger partial charge in [-0.05, 0) is 66.3 Å². The van der Waals surface area contributed by atoms with Crippen LogP contribution in [0.25, 0.3) is 32.8 Å². The highest BCUT2D eigenvalue weighted by Crippen LogP contribution is 2.35. The van der Waals surface area contributed by atoms with Crippen LogP contribution in [-0.2, 0) is 11.2 Å². The van der Waals surface area contributed by atoms with Gasteiger partial charge in [-0.1, -0.05) is 36.9 Å². The smallest absolute Gasteiger partial charge is 0.246 e. The van der Waals surface area contributed by atoms with Gasteiger partial charge < -0.3 is 14.9 Å². The normalized spacial score (nSPS) is 14.0. The fourth-order valence-electron chi connectivity index (χ4n) is 4.57. The number of phenols is 1. The number of likely N-dealkylation sites (tertiary alicyclic amines) is 1. The fraction of sp³-hybridized carbons (Fsp3) is 0.250.